The summed E-state index contributed by atoms with van der Waals surface area (Å²) in [5, 5.41) is 22.7. The third kappa shape index (κ3) is 21.8. The summed E-state index contributed by atoms with van der Waals surface area (Å²) < 4.78 is 69.0. The average molecular weight is 1200 g/mol. The number of rotatable bonds is 43. The summed E-state index contributed by atoms with van der Waals surface area (Å²) in [4.78, 5) is 69.8. The molecule has 3 aromatic carbocycles. The molecule has 0 atom stereocenters. The minimum Gasteiger partial charge on any atom is -0.496 e. The number of H-pyrrole nitrogens is 1. The number of piperazine rings is 1. The molecular weight excluding hydrogens is 1120 g/mol. The van der Waals surface area contributed by atoms with Gasteiger partial charge in [0.2, 0.25) is 5.91 Å². The smallest absolute Gasteiger partial charge is 0.295 e. The fourth-order valence-corrected chi connectivity index (χ4v) is 8.95. The van der Waals surface area contributed by atoms with E-state index < -0.39 is 11.7 Å². The number of ether oxygens (including phenoxy) is 11. The van der Waals surface area contributed by atoms with Crippen LogP contribution in [0, 0.1) is 17.0 Å². The van der Waals surface area contributed by atoms with E-state index in [0.29, 0.717) is 195 Å². The molecule has 0 bridgehead atoms. The number of aromatic amines is 1. The molecule has 7 rings (SSSR count). The second kappa shape index (κ2) is 37.1. The lowest BCUT2D eigenvalue weighted by Gasteiger charge is -2.34. The van der Waals surface area contributed by atoms with Crippen LogP contribution in [0.3, 0.4) is 0 Å². The number of benzene rings is 3. The molecule has 466 valence electrons. The highest BCUT2D eigenvalue weighted by Gasteiger charge is 2.31. The first-order valence-corrected chi connectivity index (χ1v) is 28.7. The Morgan fingerprint density at radius 1 is 0.686 bits per heavy atom. The second-order valence-corrected chi connectivity index (χ2v) is 19.6. The number of nitrogens with one attached hydrogen (secondary N) is 2. The van der Waals surface area contributed by atoms with E-state index in [2.05, 4.69) is 20.6 Å². The fourth-order valence-electron chi connectivity index (χ4n) is 8.95. The molecule has 26 heteroatoms. The summed E-state index contributed by atoms with van der Waals surface area (Å²) in [7, 11) is 1.49. The minimum absolute atomic E-state index is 0.110. The zero-order chi connectivity index (χ0) is 60.6. The van der Waals surface area contributed by atoms with Crippen molar-refractivity contribution in [1.29, 1.82) is 0 Å². The first-order valence-electron chi connectivity index (χ1n) is 28.7. The van der Waals surface area contributed by atoms with Crippen LogP contribution in [0.5, 0.6) is 5.75 Å². The molecule has 1 aliphatic rings. The van der Waals surface area contributed by atoms with E-state index in [1.807, 2.05) is 25.3 Å². The molecule has 3 aromatic heterocycles. The summed E-state index contributed by atoms with van der Waals surface area (Å²) >= 11 is 0. The molecule has 1 saturated heterocycles. The predicted octanol–water partition coefficient (Wildman–Crippen LogP) is 5.03. The van der Waals surface area contributed by atoms with Crippen LogP contribution in [0.2, 0.25) is 0 Å². The van der Waals surface area contributed by atoms with Crippen LogP contribution in [-0.2, 0) is 83.1 Å². The number of nitrogens with zero attached hydrogens (tertiary/aromatic N) is 6. The molecule has 3 amide bonds. The number of hydrogen-bond donors (Lipinski definition) is 2. The van der Waals surface area contributed by atoms with Gasteiger partial charge in [-0.1, -0.05) is 35.5 Å². The van der Waals surface area contributed by atoms with Gasteiger partial charge >= 0.3 is 0 Å². The number of Topliss-reactive ketones (excluding diaryl/α,β-unsaturated/α-hetero) is 1. The van der Waals surface area contributed by atoms with Gasteiger partial charge in [0.05, 0.1) is 167 Å². The maximum atomic E-state index is 13.7. The lowest BCUT2D eigenvalue weighted by molar-refractivity contribution is -0.385. The molecule has 1 fully saturated rings. The van der Waals surface area contributed by atoms with E-state index in [9.17, 15) is 29.3 Å². The Morgan fingerprint density at radius 3 is 1.91 bits per heavy atom. The molecule has 4 heterocycles. The standard InChI is InChI=1S/C60H78N8O18/c1-45-10-11-46(52(39-45)68(73)74)9-6-21-76-23-25-78-31-33-82-35-37-84-43-48-42-67(64-63-48)20-22-77-24-26-79-27-28-80-29-30-81-32-34-83-36-38-85-44-55(69)61-40-49-12-14-53(86-49)50-13-15-54(75-2)56-51(41-62-57(50)56)58(70)60(72)66-18-16-65(17-19-66)59(71)47-7-4-3-5-8-47/h3-5,7-8,10-15,39,41-42,62H,6,9,16-38,40,43-44H2,1-2H3,(H,61,69). The molecule has 0 spiro atoms. The van der Waals surface area contributed by atoms with Gasteiger partial charge in [0.25, 0.3) is 23.3 Å². The number of aryl methyl sites for hydroxylation is 2. The number of furan rings is 1. The van der Waals surface area contributed by atoms with Crippen LogP contribution >= 0.6 is 0 Å². The van der Waals surface area contributed by atoms with Gasteiger partial charge in [-0.2, -0.15) is 0 Å². The molecule has 2 N–H and O–H groups in total. The number of nitro groups is 1. The number of methoxy groups -OCH3 is 1. The second-order valence-electron chi connectivity index (χ2n) is 19.6. The van der Waals surface area contributed by atoms with Gasteiger partial charge in [0.15, 0.2) is 0 Å². The van der Waals surface area contributed by atoms with Crippen molar-refractivity contribution in [3.8, 4) is 17.1 Å². The lowest BCUT2D eigenvalue weighted by Crippen LogP contribution is -2.52. The van der Waals surface area contributed by atoms with E-state index >= 15 is 0 Å². The summed E-state index contributed by atoms with van der Waals surface area (Å²) in [6, 6.07) is 21.2. The van der Waals surface area contributed by atoms with Crippen LogP contribution in [0.4, 0.5) is 5.69 Å². The molecule has 6 aromatic rings. The topological polar surface area (TPSA) is 291 Å². The fraction of sp³-hybridized carbons (Fsp3) is 0.500. The van der Waals surface area contributed by atoms with Gasteiger partial charge in [-0.05, 0) is 61.7 Å². The molecule has 0 aliphatic carbocycles. The number of ketones is 1. The lowest BCUT2D eigenvalue weighted by atomic mass is 10.0. The number of nitro benzene ring substituents is 1. The van der Waals surface area contributed by atoms with E-state index in [-0.39, 0.29) is 67.4 Å². The van der Waals surface area contributed by atoms with Crippen molar-refractivity contribution < 1.29 is 80.6 Å². The number of carbonyl (C=O) groups excluding carboxylic acids is 4. The molecule has 26 nitrogen and oxygen atoms in total. The number of amides is 3. The van der Waals surface area contributed by atoms with Crippen molar-refractivity contribution in [3.63, 3.8) is 0 Å². The molecule has 1 aliphatic heterocycles. The SMILES string of the molecule is COc1ccc(-c2ccc(CNC(=O)COCCOCCOCCOCCOCCOCCn3cc(COCCOCCOCCOCCCc4ccc(C)cc4[N+](=O)[O-])nn3)o2)c2[nH]cc(C(=O)C(=O)N3CCN(C(=O)c4ccccc4)CC3)c12. The van der Waals surface area contributed by atoms with E-state index in [1.54, 1.807) is 70.2 Å². The predicted molar refractivity (Wildman–Crippen MR) is 311 cm³/mol. The summed E-state index contributed by atoms with van der Waals surface area (Å²) in [6.45, 7) is 11.0. The number of carbonyl (C=O) groups is 4. The first kappa shape index (κ1) is 66.0. The maximum absolute atomic E-state index is 13.7. The molecule has 0 unspecified atom stereocenters. The highest BCUT2D eigenvalue weighted by molar-refractivity contribution is 6.45. The van der Waals surface area contributed by atoms with Crippen molar-refractivity contribution in [2.45, 2.75) is 39.5 Å². The Balaban J connectivity index is 0.615. The normalized spacial score (nSPS) is 12.5. The summed E-state index contributed by atoms with van der Waals surface area (Å²) in [5.74, 6) is -0.455. The number of fused-ring (bicyclic) bond motifs is 1. The zero-order valence-corrected chi connectivity index (χ0v) is 48.9. The Labute approximate surface area is 498 Å². The quantitative estimate of drug-likeness (QED) is 0.0167. The van der Waals surface area contributed by atoms with E-state index in [1.165, 1.54) is 18.2 Å². The van der Waals surface area contributed by atoms with E-state index in [0.717, 1.165) is 5.56 Å². The Morgan fingerprint density at radius 2 is 1.28 bits per heavy atom. The minimum atomic E-state index is -0.697. The molecular formula is C60H78N8O18. The van der Waals surface area contributed by atoms with Gasteiger partial charge < -0.3 is 76.6 Å². The third-order valence-corrected chi connectivity index (χ3v) is 13.4. The highest BCUT2D eigenvalue weighted by Crippen LogP contribution is 2.37. The van der Waals surface area contributed by atoms with Gasteiger partial charge in [0, 0.05) is 61.7 Å². The largest absolute Gasteiger partial charge is 0.496 e. The van der Waals surface area contributed by atoms with Crippen LogP contribution in [0.15, 0.2) is 89.6 Å². The highest BCUT2D eigenvalue weighted by atomic mass is 16.6. The van der Waals surface area contributed by atoms with Gasteiger partial charge in [0.1, 0.15) is 29.6 Å². The van der Waals surface area contributed by atoms with Crippen molar-refractivity contribution in [2.75, 3.05) is 159 Å². The maximum Gasteiger partial charge on any atom is 0.295 e. The Kier molecular flexibility index (Phi) is 28.5. The van der Waals surface area contributed by atoms with Crippen molar-refractivity contribution in [3.05, 3.63) is 129 Å². The van der Waals surface area contributed by atoms with Crippen LogP contribution in [0.1, 0.15) is 49.7 Å². The van der Waals surface area contributed by atoms with Crippen molar-refractivity contribution in [2.24, 2.45) is 0 Å². The first-order chi connectivity index (χ1) is 42.1. The average Bonchev–Trinajstić information content (AvgIpc) is 2.22. The zero-order valence-electron chi connectivity index (χ0n) is 48.9. The Hall–Kier alpha value is -7.50. The number of hydrogen-bond acceptors (Lipinski definition) is 20. The van der Waals surface area contributed by atoms with Gasteiger partial charge in [-0.25, -0.2) is 4.68 Å². The van der Waals surface area contributed by atoms with Crippen molar-refractivity contribution in [1.82, 2.24) is 35.1 Å². The summed E-state index contributed by atoms with van der Waals surface area (Å²) in [5.41, 5.74) is 4.33. The molecule has 0 radical (unpaired) electrons. The third-order valence-electron chi connectivity index (χ3n) is 13.4. The van der Waals surface area contributed by atoms with Crippen LogP contribution in [0.25, 0.3) is 22.2 Å². The van der Waals surface area contributed by atoms with Crippen LogP contribution in [-0.4, -0.2) is 217 Å². The van der Waals surface area contributed by atoms with Gasteiger partial charge in [-0.15, -0.1) is 5.10 Å². The molecule has 86 heavy (non-hydrogen) atoms. The monoisotopic (exact) mass is 1200 g/mol. The van der Waals surface area contributed by atoms with Crippen molar-refractivity contribution >= 4 is 40.1 Å². The van der Waals surface area contributed by atoms with E-state index in [4.69, 9.17) is 56.5 Å². The van der Waals surface area contributed by atoms with Crippen LogP contribution < -0.4 is 10.1 Å². The van der Waals surface area contributed by atoms with Gasteiger partial charge in [-0.3, -0.25) is 29.3 Å². The Bertz CT molecular complexity index is 3020. The summed E-state index contributed by atoms with van der Waals surface area (Å²) in [6.07, 6.45) is 4.58. The number of aromatic nitrogens is 4. The molecule has 0 saturated carbocycles.